The van der Waals surface area contributed by atoms with Crippen molar-refractivity contribution in [1.82, 2.24) is 0 Å². The van der Waals surface area contributed by atoms with Crippen LogP contribution in [-0.2, 0) is 9.53 Å². The molecule has 0 amide bonds. The Morgan fingerprint density at radius 3 is 2.50 bits per heavy atom. The molecule has 0 heterocycles. The first-order valence-electron chi connectivity index (χ1n) is 5.23. The van der Waals surface area contributed by atoms with E-state index in [0.717, 1.165) is 19.3 Å². The normalized spacial score (nSPS) is 11.4. The largest absolute Gasteiger partial charge is 0.411 e. The van der Waals surface area contributed by atoms with E-state index in [0.29, 0.717) is 6.42 Å². The van der Waals surface area contributed by atoms with Crippen LogP contribution in [0.25, 0.3) is 0 Å². The van der Waals surface area contributed by atoms with Gasteiger partial charge in [-0.15, -0.1) is 6.58 Å². The van der Waals surface area contributed by atoms with Gasteiger partial charge in [-0.1, -0.05) is 12.5 Å². The summed E-state index contributed by atoms with van der Waals surface area (Å²) >= 11 is 0. The molecule has 0 saturated carbocycles. The van der Waals surface area contributed by atoms with Gasteiger partial charge in [0, 0.05) is 6.42 Å². The summed E-state index contributed by atoms with van der Waals surface area (Å²) in [6.45, 7) is 1.77. The third-order valence-corrected chi connectivity index (χ3v) is 1.89. The van der Waals surface area contributed by atoms with E-state index in [-0.39, 0.29) is 12.2 Å². The van der Waals surface area contributed by atoms with Gasteiger partial charge in [0.1, 0.15) is 13.2 Å². The zero-order valence-electron chi connectivity index (χ0n) is 9.18. The molecule has 0 saturated heterocycles. The van der Waals surface area contributed by atoms with E-state index in [1.807, 2.05) is 0 Å². The first kappa shape index (κ1) is 15.2. The van der Waals surface area contributed by atoms with Gasteiger partial charge in [-0.3, -0.25) is 4.79 Å². The summed E-state index contributed by atoms with van der Waals surface area (Å²) in [6, 6.07) is 0. The number of carbonyl (C=O) groups is 1. The average Bonchev–Trinajstić information content (AvgIpc) is 2.15. The molecule has 0 aromatic carbocycles. The lowest BCUT2D eigenvalue weighted by Gasteiger charge is -2.06. The third-order valence-electron chi connectivity index (χ3n) is 1.89. The molecular weight excluding hydrogens is 221 g/mol. The second-order valence-electron chi connectivity index (χ2n) is 3.53. The summed E-state index contributed by atoms with van der Waals surface area (Å²) in [4.78, 5) is 11.0. The lowest BCUT2D eigenvalue weighted by atomic mass is 10.1. The van der Waals surface area contributed by atoms with Crippen LogP contribution in [-0.4, -0.2) is 25.2 Å². The first-order valence-corrected chi connectivity index (χ1v) is 5.23. The highest BCUT2D eigenvalue weighted by atomic mass is 19.4. The molecule has 0 unspecified atom stereocenters. The number of hydrogen-bond donors (Lipinski definition) is 0. The highest BCUT2D eigenvalue weighted by Crippen LogP contribution is 2.14. The lowest BCUT2D eigenvalue weighted by Crippen LogP contribution is -2.20. The number of ketones is 1. The number of carbonyl (C=O) groups excluding carboxylic acids is 1. The number of alkyl halides is 3. The Labute approximate surface area is 93.5 Å². The Balaban J connectivity index is 3.35. The summed E-state index contributed by atoms with van der Waals surface area (Å²) in [5, 5.41) is 0. The number of Topliss-reactive ketones (excluding diaryl/α,β-unsaturated/α-hetero) is 1. The van der Waals surface area contributed by atoms with Gasteiger partial charge in [0.15, 0.2) is 5.78 Å². The Hall–Kier alpha value is -0.840. The van der Waals surface area contributed by atoms with Crippen molar-refractivity contribution in [2.75, 3.05) is 13.2 Å². The summed E-state index contributed by atoms with van der Waals surface area (Å²) in [6.07, 6.45) is 1.17. The van der Waals surface area contributed by atoms with Crippen molar-refractivity contribution < 1.29 is 22.7 Å². The van der Waals surface area contributed by atoms with Crippen LogP contribution >= 0.6 is 0 Å². The summed E-state index contributed by atoms with van der Waals surface area (Å²) in [5.74, 6) is -0.275. The quantitative estimate of drug-likeness (QED) is 0.455. The van der Waals surface area contributed by atoms with E-state index >= 15 is 0 Å². The van der Waals surface area contributed by atoms with Crippen molar-refractivity contribution in [1.29, 1.82) is 0 Å². The maximum absolute atomic E-state index is 11.7. The molecular formula is C11H17F3O2. The zero-order chi connectivity index (χ0) is 12.4. The molecule has 0 aromatic heterocycles. The number of unbranched alkanes of at least 4 members (excludes halogenated alkanes) is 3. The Bertz CT molecular complexity index is 212. The van der Waals surface area contributed by atoms with Crippen molar-refractivity contribution in [3.05, 3.63) is 12.7 Å². The van der Waals surface area contributed by atoms with Crippen LogP contribution in [0.5, 0.6) is 0 Å². The van der Waals surface area contributed by atoms with Crippen LogP contribution in [0.15, 0.2) is 12.7 Å². The number of hydrogen-bond acceptors (Lipinski definition) is 2. The van der Waals surface area contributed by atoms with E-state index in [4.69, 9.17) is 0 Å². The van der Waals surface area contributed by atoms with Gasteiger partial charge in [0.05, 0.1) is 0 Å². The van der Waals surface area contributed by atoms with Crippen LogP contribution < -0.4 is 0 Å². The summed E-state index contributed by atoms with van der Waals surface area (Å²) < 4.78 is 39.2. The Morgan fingerprint density at radius 1 is 1.25 bits per heavy atom. The molecule has 16 heavy (non-hydrogen) atoms. The Kier molecular flexibility index (Phi) is 7.89. The van der Waals surface area contributed by atoms with Crippen LogP contribution in [0, 0.1) is 0 Å². The maximum atomic E-state index is 11.7. The fourth-order valence-corrected chi connectivity index (χ4v) is 1.14. The van der Waals surface area contributed by atoms with Gasteiger partial charge in [-0.05, 0) is 19.3 Å². The van der Waals surface area contributed by atoms with E-state index in [9.17, 15) is 18.0 Å². The van der Waals surface area contributed by atoms with Gasteiger partial charge in [0.25, 0.3) is 0 Å². The molecule has 0 fully saturated rings. The predicted octanol–water partition coefficient (Wildman–Crippen LogP) is 3.27. The smallest absolute Gasteiger partial charge is 0.364 e. The van der Waals surface area contributed by atoms with Gasteiger partial charge < -0.3 is 4.74 Å². The van der Waals surface area contributed by atoms with E-state index in [1.54, 1.807) is 6.08 Å². The molecule has 0 aliphatic carbocycles. The Morgan fingerprint density at radius 2 is 1.94 bits per heavy atom. The topological polar surface area (TPSA) is 26.3 Å². The molecule has 0 spiro atoms. The first-order chi connectivity index (χ1) is 7.45. The van der Waals surface area contributed by atoms with Gasteiger partial charge in [-0.2, -0.15) is 13.2 Å². The van der Waals surface area contributed by atoms with Crippen molar-refractivity contribution in [2.24, 2.45) is 0 Å². The number of halogens is 3. The minimum atomic E-state index is -4.36. The van der Waals surface area contributed by atoms with Gasteiger partial charge in [0.2, 0.25) is 0 Å². The highest BCUT2D eigenvalue weighted by Gasteiger charge is 2.27. The minimum absolute atomic E-state index is 0.275. The van der Waals surface area contributed by atoms with Gasteiger partial charge in [-0.25, -0.2) is 0 Å². The molecule has 2 nitrogen and oxygen atoms in total. The fraction of sp³-hybridized carbons (Fsp3) is 0.727. The van der Waals surface area contributed by atoms with Crippen LogP contribution in [0.4, 0.5) is 13.2 Å². The SMILES string of the molecule is C=CCCCCCC(=O)COCC(F)(F)F. The van der Waals surface area contributed by atoms with Crippen LogP contribution in [0.3, 0.4) is 0 Å². The predicted molar refractivity (Wildman–Crippen MR) is 55.2 cm³/mol. The van der Waals surface area contributed by atoms with Crippen molar-refractivity contribution in [3.8, 4) is 0 Å². The molecule has 0 N–H and O–H groups in total. The number of allylic oxidation sites excluding steroid dienone is 1. The van der Waals surface area contributed by atoms with Crippen molar-refractivity contribution in [2.45, 2.75) is 38.3 Å². The monoisotopic (exact) mass is 238 g/mol. The van der Waals surface area contributed by atoms with E-state index in [2.05, 4.69) is 11.3 Å². The molecule has 0 bridgehead atoms. The molecule has 94 valence electrons. The summed E-state index contributed by atoms with van der Waals surface area (Å²) in [5.41, 5.74) is 0. The van der Waals surface area contributed by atoms with Crippen LogP contribution in [0.1, 0.15) is 32.1 Å². The molecule has 0 aliphatic heterocycles. The van der Waals surface area contributed by atoms with Crippen molar-refractivity contribution >= 4 is 5.78 Å². The second-order valence-corrected chi connectivity index (χ2v) is 3.53. The van der Waals surface area contributed by atoms with Gasteiger partial charge >= 0.3 is 6.18 Å². The molecule has 5 heteroatoms. The van der Waals surface area contributed by atoms with E-state index in [1.165, 1.54) is 0 Å². The van der Waals surface area contributed by atoms with Crippen LogP contribution in [0.2, 0.25) is 0 Å². The molecule has 0 aromatic rings. The molecule has 0 atom stereocenters. The van der Waals surface area contributed by atoms with E-state index < -0.39 is 19.4 Å². The highest BCUT2D eigenvalue weighted by molar-refractivity contribution is 5.79. The zero-order valence-corrected chi connectivity index (χ0v) is 9.18. The molecule has 0 aliphatic rings. The fourth-order valence-electron chi connectivity index (χ4n) is 1.14. The average molecular weight is 238 g/mol. The number of ether oxygens (including phenoxy) is 1. The lowest BCUT2D eigenvalue weighted by molar-refractivity contribution is -0.175. The number of rotatable bonds is 9. The second kappa shape index (κ2) is 8.33. The molecule has 0 radical (unpaired) electrons. The standard InChI is InChI=1S/C11H17F3O2/c1-2-3-4-5-6-7-10(15)8-16-9-11(12,13)14/h2H,1,3-9H2. The minimum Gasteiger partial charge on any atom is -0.364 e. The maximum Gasteiger partial charge on any atom is 0.411 e. The summed E-state index contributed by atoms with van der Waals surface area (Å²) in [7, 11) is 0. The van der Waals surface area contributed by atoms with Crippen molar-refractivity contribution in [3.63, 3.8) is 0 Å². The molecule has 0 rings (SSSR count). The third kappa shape index (κ3) is 11.2.